The van der Waals surface area contributed by atoms with E-state index in [9.17, 15) is 8.42 Å². The highest BCUT2D eigenvalue weighted by atomic mass is 127. The summed E-state index contributed by atoms with van der Waals surface area (Å²) >= 11 is 1.68. The Morgan fingerprint density at radius 2 is 1.85 bits per heavy atom. The molecule has 0 saturated heterocycles. The molecule has 2 aromatic rings. The molecule has 6 nitrogen and oxygen atoms in total. The van der Waals surface area contributed by atoms with Crippen LogP contribution in [-0.4, -0.2) is 32.2 Å². The predicted molar refractivity (Wildman–Crippen MR) is 118 cm³/mol. The van der Waals surface area contributed by atoms with E-state index < -0.39 is 9.84 Å². The van der Waals surface area contributed by atoms with Crippen LogP contribution in [0.3, 0.4) is 0 Å². The Balaban J connectivity index is 0.00000338. The molecular weight excluding hydrogens is 483 g/mol. The molecule has 144 valence electrons. The summed E-state index contributed by atoms with van der Waals surface area (Å²) in [6, 6.07) is 6.81. The van der Waals surface area contributed by atoms with Crippen molar-refractivity contribution >= 4 is 51.1 Å². The fraction of sp³-hybridized carbons (Fsp3) is 0.412. The van der Waals surface area contributed by atoms with E-state index in [1.54, 1.807) is 35.6 Å². The summed E-state index contributed by atoms with van der Waals surface area (Å²) < 4.78 is 23.0. The van der Waals surface area contributed by atoms with Crippen LogP contribution in [0.5, 0.6) is 0 Å². The Morgan fingerprint density at radius 1 is 1.19 bits per heavy atom. The Hall–Kier alpha value is -1.20. The first kappa shape index (κ1) is 22.8. The molecule has 2 N–H and O–H groups in total. The minimum atomic E-state index is -3.17. The first-order valence-corrected chi connectivity index (χ1v) is 10.7. The van der Waals surface area contributed by atoms with Crippen molar-refractivity contribution in [1.82, 2.24) is 15.6 Å². The van der Waals surface area contributed by atoms with Gasteiger partial charge in [-0.2, -0.15) is 0 Å². The lowest BCUT2D eigenvalue weighted by Gasteiger charge is -2.11. The zero-order valence-corrected chi connectivity index (χ0v) is 19.3. The standard InChI is InChI=1S/C17H24N4O2S2.HI/c1-5-18-17(20-11-16-12(2)21-13(3)24-16)19-10-14-6-8-15(9-7-14)25(4,22)23;/h6-9H,5,10-11H2,1-4H3,(H2,18,19,20);1H. The largest absolute Gasteiger partial charge is 0.357 e. The number of aromatic nitrogens is 1. The van der Waals surface area contributed by atoms with Crippen molar-refractivity contribution in [3.63, 3.8) is 0 Å². The van der Waals surface area contributed by atoms with E-state index in [-0.39, 0.29) is 24.0 Å². The number of hydrogen-bond donors (Lipinski definition) is 2. The molecule has 0 fully saturated rings. The summed E-state index contributed by atoms with van der Waals surface area (Å²) in [7, 11) is -3.17. The molecule has 0 aliphatic rings. The Morgan fingerprint density at radius 3 is 2.35 bits per heavy atom. The number of nitrogens with one attached hydrogen (secondary N) is 2. The Labute approximate surface area is 176 Å². The normalized spacial score (nSPS) is 11.8. The van der Waals surface area contributed by atoms with Gasteiger partial charge in [-0.3, -0.25) is 0 Å². The number of sulfone groups is 1. The number of nitrogens with zero attached hydrogens (tertiary/aromatic N) is 2. The second-order valence-electron chi connectivity index (χ2n) is 5.71. The number of aliphatic imine (C=N–C) groups is 1. The maximum absolute atomic E-state index is 11.5. The van der Waals surface area contributed by atoms with Crippen LogP contribution in [0.25, 0.3) is 0 Å². The van der Waals surface area contributed by atoms with E-state index in [1.165, 1.54) is 11.1 Å². The van der Waals surface area contributed by atoms with Gasteiger partial charge in [0.05, 0.1) is 28.7 Å². The van der Waals surface area contributed by atoms with E-state index in [4.69, 9.17) is 0 Å². The molecule has 1 aromatic carbocycles. The number of hydrogen-bond acceptors (Lipinski definition) is 5. The molecular formula is C17H25IN4O2S2. The molecule has 0 amide bonds. The number of benzene rings is 1. The number of halogens is 1. The van der Waals surface area contributed by atoms with Gasteiger partial charge in [0.25, 0.3) is 0 Å². The third kappa shape index (κ3) is 6.84. The zero-order chi connectivity index (χ0) is 18.4. The van der Waals surface area contributed by atoms with Crippen molar-refractivity contribution in [2.24, 2.45) is 4.99 Å². The average molecular weight is 508 g/mol. The molecule has 0 saturated carbocycles. The smallest absolute Gasteiger partial charge is 0.191 e. The van der Waals surface area contributed by atoms with Crippen LogP contribution in [0.2, 0.25) is 0 Å². The molecule has 0 atom stereocenters. The SMILES string of the molecule is CCNC(=NCc1ccc(S(C)(=O)=O)cc1)NCc1sc(C)nc1C.I. The summed E-state index contributed by atoms with van der Waals surface area (Å²) in [6.45, 7) is 7.94. The molecule has 0 unspecified atom stereocenters. The lowest BCUT2D eigenvalue weighted by atomic mass is 10.2. The van der Waals surface area contributed by atoms with Crippen LogP contribution >= 0.6 is 35.3 Å². The van der Waals surface area contributed by atoms with Gasteiger partial charge in [-0.1, -0.05) is 12.1 Å². The summed E-state index contributed by atoms with van der Waals surface area (Å²) in [5.41, 5.74) is 2.00. The molecule has 0 spiro atoms. The molecule has 2 rings (SSSR count). The van der Waals surface area contributed by atoms with Gasteiger partial charge in [-0.15, -0.1) is 35.3 Å². The summed E-state index contributed by atoms with van der Waals surface area (Å²) in [6.07, 6.45) is 1.20. The van der Waals surface area contributed by atoms with Crippen molar-refractivity contribution in [2.45, 2.75) is 38.8 Å². The highest BCUT2D eigenvalue weighted by Crippen LogP contribution is 2.16. The minimum Gasteiger partial charge on any atom is -0.357 e. The van der Waals surface area contributed by atoms with Crippen LogP contribution in [0.15, 0.2) is 34.2 Å². The number of guanidine groups is 1. The second-order valence-corrected chi connectivity index (χ2v) is 9.01. The van der Waals surface area contributed by atoms with Gasteiger partial charge in [0, 0.05) is 17.7 Å². The average Bonchev–Trinajstić information content (AvgIpc) is 2.87. The predicted octanol–water partition coefficient (Wildman–Crippen LogP) is 3.04. The van der Waals surface area contributed by atoms with Crippen LogP contribution < -0.4 is 10.6 Å². The highest BCUT2D eigenvalue weighted by molar-refractivity contribution is 14.0. The van der Waals surface area contributed by atoms with Gasteiger partial charge >= 0.3 is 0 Å². The third-order valence-corrected chi connectivity index (χ3v) is 5.73. The van der Waals surface area contributed by atoms with Crippen LogP contribution in [0.4, 0.5) is 0 Å². The second kappa shape index (κ2) is 10.2. The molecule has 9 heteroatoms. The quantitative estimate of drug-likeness (QED) is 0.356. The van der Waals surface area contributed by atoms with Crippen molar-refractivity contribution in [2.75, 3.05) is 12.8 Å². The lowest BCUT2D eigenvalue weighted by molar-refractivity contribution is 0.602. The molecule has 0 radical (unpaired) electrons. The van der Waals surface area contributed by atoms with E-state index in [0.29, 0.717) is 18.0 Å². The first-order chi connectivity index (χ1) is 11.8. The molecule has 0 aliphatic carbocycles. The van der Waals surface area contributed by atoms with E-state index >= 15 is 0 Å². The molecule has 0 aliphatic heterocycles. The summed E-state index contributed by atoms with van der Waals surface area (Å²) in [5, 5.41) is 7.58. The van der Waals surface area contributed by atoms with Gasteiger partial charge in [0.15, 0.2) is 15.8 Å². The maximum Gasteiger partial charge on any atom is 0.191 e. The summed E-state index contributed by atoms with van der Waals surface area (Å²) in [5.74, 6) is 0.722. The fourth-order valence-corrected chi connectivity index (χ4v) is 3.76. The van der Waals surface area contributed by atoms with Gasteiger partial charge in [0.2, 0.25) is 0 Å². The van der Waals surface area contributed by atoms with Gasteiger partial charge < -0.3 is 10.6 Å². The van der Waals surface area contributed by atoms with Crippen molar-refractivity contribution in [1.29, 1.82) is 0 Å². The van der Waals surface area contributed by atoms with Crippen LogP contribution in [0, 0.1) is 13.8 Å². The fourth-order valence-electron chi connectivity index (χ4n) is 2.26. The van der Waals surface area contributed by atoms with Crippen molar-refractivity contribution in [3.8, 4) is 0 Å². The monoisotopic (exact) mass is 508 g/mol. The topological polar surface area (TPSA) is 83.5 Å². The number of aryl methyl sites for hydroxylation is 2. The van der Waals surface area contributed by atoms with E-state index in [2.05, 4.69) is 20.6 Å². The highest BCUT2D eigenvalue weighted by Gasteiger charge is 2.07. The van der Waals surface area contributed by atoms with Gasteiger partial charge in [0.1, 0.15) is 0 Å². The molecule has 26 heavy (non-hydrogen) atoms. The lowest BCUT2D eigenvalue weighted by Crippen LogP contribution is -2.36. The first-order valence-electron chi connectivity index (χ1n) is 8.03. The molecule has 1 heterocycles. The zero-order valence-electron chi connectivity index (χ0n) is 15.4. The Bertz CT molecular complexity index is 846. The van der Waals surface area contributed by atoms with Crippen molar-refractivity contribution in [3.05, 3.63) is 45.4 Å². The Kier molecular flexibility index (Phi) is 8.97. The van der Waals surface area contributed by atoms with Gasteiger partial charge in [-0.25, -0.2) is 18.4 Å². The van der Waals surface area contributed by atoms with Crippen molar-refractivity contribution < 1.29 is 8.42 Å². The minimum absolute atomic E-state index is 0. The number of rotatable bonds is 6. The molecule has 0 bridgehead atoms. The van der Waals surface area contributed by atoms with Gasteiger partial charge in [-0.05, 0) is 38.5 Å². The van der Waals surface area contributed by atoms with Crippen LogP contribution in [0.1, 0.15) is 28.1 Å². The van der Waals surface area contributed by atoms with E-state index in [1.807, 2.05) is 20.8 Å². The maximum atomic E-state index is 11.5. The van der Waals surface area contributed by atoms with Crippen LogP contribution in [-0.2, 0) is 22.9 Å². The van der Waals surface area contributed by atoms with E-state index in [0.717, 1.165) is 28.8 Å². The third-order valence-electron chi connectivity index (χ3n) is 3.53. The molecule has 1 aromatic heterocycles. The summed E-state index contributed by atoms with van der Waals surface area (Å²) in [4.78, 5) is 10.5. The number of thiazole rings is 1.